The van der Waals surface area contributed by atoms with Crippen molar-refractivity contribution >= 4 is 17.3 Å². The first kappa shape index (κ1) is 14.7. The summed E-state index contributed by atoms with van der Waals surface area (Å²) in [5.74, 6) is 1.47. The standard InChI is InChI=1S/C16H24N2O2/c1-11(13-6-4-5-7-13)17-15-10-14(18-12(2)19)8-9-16(15)20-3/h8-11,13,17H,4-7H2,1-3H3,(H,18,19). The molecule has 110 valence electrons. The average molecular weight is 276 g/mol. The Bertz CT molecular complexity index is 468. The van der Waals surface area contributed by atoms with E-state index in [0.29, 0.717) is 6.04 Å². The molecule has 1 aliphatic carbocycles. The van der Waals surface area contributed by atoms with Crippen LogP contribution in [0.15, 0.2) is 18.2 Å². The van der Waals surface area contributed by atoms with Crippen molar-refractivity contribution in [3.8, 4) is 5.75 Å². The predicted molar refractivity (Wildman–Crippen MR) is 82.3 cm³/mol. The van der Waals surface area contributed by atoms with Crippen LogP contribution in [0.3, 0.4) is 0 Å². The van der Waals surface area contributed by atoms with E-state index in [1.54, 1.807) is 7.11 Å². The second-order valence-electron chi connectivity index (χ2n) is 5.57. The van der Waals surface area contributed by atoms with Crippen LogP contribution in [0, 0.1) is 5.92 Å². The van der Waals surface area contributed by atoms with Crippen molar-refractivity contribution in [3.63, 3.8) is 0 Å². The van der Waals surface area contributed by atoms with E-state index in [2.05, 4.69) is 17.6 Å². The minimum atomic E-state index is -0.0649. The fourth-order valence-corrected chi connectivity index (χ4v) is 2.92. The average Bonchev–Trinajstić information content (AvgIpc) is 2.92. The summed E-state index contributed by atoms with van der Waals surface area (Å²) < 4.78 is 5.39. The molecule has 1 unspecified atom stereocenters. The quantitative estimate of drug-likeness (QED) is 0.863. The molecule has 0 aliphatic heterocycles. The molecule has 1 atom stereocenters. The molecule has 0 radical (unpaired) electrons. The largest absolute Gasteiger partial charge is 0.495 e. The van der Waals surface area contributed by atoms with Crippen LogP contribution in [0.4, 0.5) is 11.4 Å². The van der Waals surface area contributed by atoms with E-state index in [9.17, 15) is 4.79 Å². The van der Waals surface area contributed by atoms with Gasteiger partial charge < -0.3 is 15.4 Å². The molecule has 0 bridgehead atoms. The Hall–Kier alpha value is -1.71. The summed E-state index contributed by atoms with van der Waals surface area (Å²) in [6, 6.07) is 6.09. The number of hydrogen-bond acceptors (Lipinski definition) is 3. The molecular weight excluding hydrogens is 252 g/mol. The zero-order valence-electron chi connectivity index (χ0n) is 12.5. The Kier molecular flexibility index (Phi) is 4.88. The molecule has 1 amide bonds. The third-order valence-corrected chi connectivity index (χ3v) is 4.01. The van der Waals surface area contributed by atoms with Crippen molar-refractivity contribution in [2.75, 3.05) is 17.7 Å². The van der Waals surface area contributed by atoms with Crippen LogP contribution in [-0.2, 0) is 4.79 Å². The molecule has 2 rings (SSSR count). The number of benzene rings is 1. The molecule has 1 aliphatic rings. The molecule has 0 heterocycles. The molecule has 4 heteroatoms. The second-order valence-corrected chi connectivity index (χ2v) is 5.57. The van der Waals surface area contributed by atoms with Crippen LogP contribution in [0.25, 0.3) is 0 Å². The molecule has 20 heavy (non-hydrogen) atoms. The number of amides is 1. The number of carbonyl (C=O) groups excluding carboxylic acids is 1. The van der Waals surface area contributed by atoms with Gasteiger partial charge in [0.2, 0.25) is 5.91 Å². The zero-order valence-corrected chi connectivity index (χ0v) is 12.5. The van der Waals surface area contributed by atoms with Gasteiger partial charge in [-0.1, -0.05) is 12.8 Å². The summed E-state index contributed by atoms with van der Waals surface area (Å²) >= 11 is 0. The maximum atomic E-state index is 11.1. The Morgan fingerprint density at radius 1 is 1.35 bits per heavy atom. The van der Waals surface area contributed by atoms with Crippen LogP contribution < -0.4 is 15.4 Å². The van der Waals surface area contributed by atoms with Crippen molar-refractivity contribution in [1.29, 1.82) is 0 Å². The van der Waals surface area contributed by atoms with Gasteiger partial charge in [-0.3, -0.25) is 4.79 Å². The van der Waals surface area contributed by atoms with Gasteiger partial charge in [0.05, 0.1) is 12.8 Å². The number of nitrogens with one attached hydrogen (secondary N) is 2. The first-order chi connectivity index (χ1) is 9.60. The molecule has 2 N–H and O–H groups in total. The van der Waals surface area contributed by atoms with E-state index in [-0.39, 0.29) is 5.91 Å². The Labute approximate surface area is 120 Å². The van der Waals surface area contributed by atoms with Crippen molar-refractivity contribution in [2.45, 2.75) is 45.6 Å². The van der Waals surface area contributed by atoms with E-state index < -0.39 is 0 Å². The van der Waals surface area contributed by atoms with Gasteiger partial charge in [0.15, 0.2) is 0 Å². The summed E-state index contributed by atoms with van der Waals surface area (Å²) in [5.41, 5.74) is 1.73. The van der Waals surface area contributed by atoms with Crippen LogP contribution in [0.2, 0.25) is 0 Å². The smallest absolute Gasteiger partial charge is 0.221 e. The molecular formula is C16H24N2O2. The van der Waals surface area contributed by atoms with Crippen molar-refractivity contribution < 1.29 is 9.53 Å². The molecule has 1 aromatic rings. The lowest BCUT2D eigenvalue weighted by atomic mass is 9.99. The summed E-state index contributed by atoms with van der Waals surface area (Å²) in [6.45, 7) is 3.74. The highest BCUT2D eigenvalue weighted by atomic mass is 16.5. The molecule has 1 aromatic carbocycles. The van der Waals surface area contributed by atoms with Gasteiger partial charge in [0.25, 0.3) is 0 Å². The number of rotatable bonds is 5. The van der Waals surface area contributed by atoms with Gasteiger partial charge in [-0.25, -0.2) is 0 Å². The predicted octanol–water partition coefficient (Wildman–Crippen LogP) is 3.64. The third kappa shape index (κ3) is 3.65. The molecule has 4 nitrogen and oxygen atoms in total. The number of hydrogen-bond donors (Lipinski definition) is 2. The van der Waals surface area contributed by atoms with E-state index in [0.717, 1.165) is 23.0 Å². The highest BCUT2D eigenvalue weighted by molar-refractivity contribution is 5.89. The molecule has 0 saturated heterocycles. The molecule has 1 fully saturated rings. The number of methoxy groups -OCH3 is 1. The van der Waals surface area contributed by atoms with E-state index in [4.69, 9.17) is 4.74 Å². The number of ether oxygens (including phenoxy) is 1. The topological polar surface area (TPSA) is 50.4 Å². The van der Waals surface area contributed by atoms with E-state index >= 15 is 0 Å². The maximum Gasteiger partial charge on any atom is 0.221 e. The third-order valence-electron chi connectivity index (χ3n) is 4.01. The second kappa shape index (κ2) is 6.64. The van der Waals surface area contributed by atoms with Crippen LogP contribution in [0.5, 0.6) is 5.75 Å². The first-order valence-electron chi connectivity index (χ1n) is 7.32. The lowest BCUT2D eigenvalue weighted by Crippen LogP contribution is -2.24. The minimum absolute atomic E-state index is 0.0649. The van der Waals surface area contributed by atoms with E-state index in [1.165, 1.54) is 32.6 Å². The SMILES string of the molecule is COc1ccc(NC(C)=O)cc1NC(C)C1CCCC1. The number of carbonyl (C=O) groups is 1. The van der Waals surface area contributed by atoms with Gasteiger partial charge >= 0.3 is 0 Å². The number of anilines is 2. The molecule has 1 saturated carbocycles. The molecule has 0 spiro atoms. The fourth-order valence-electron chi connectivity index (χ4n) is 2.92. The van der Waals surface area contributed by atoms with Gasteiger partial charge in [0.1, 0.15) is 5.75 Å². The van der Waals surface area contributed by atoms with Crippen LogP contribution in [0.1, 0.15) is 39.5 Å². The minimum Gasteiger partial charge on any atom is -0.495 e. The zero-order chi connectivity index (χ0) is 14.5. The van der Waals surface area contributed by atoms with E-state index in [1.807, 2.05) is 18.2 Å². The maximum absolute atomic E-state index is 11.1. The lowest BCUT2D eigenvalue weighted by Gasteiger charge is -2.23. The Morgan fingerprint density at radius 3 is 2.65 bits per heavy atom. The molecule has 0 aromatic heterocycles. The van der Waals surface area contributed by atoms with Gasteiger partial charge in [-0.15, -0.1) is 0 Å². The monoisotopic (exact) mass is 276 g/mol. The fraction of sp³-hybridized carbons (Fsp3) is 0.562. The van der Waals surface area contributed by atoms with Crippen LogP contribution in [-0.4, -0.2) is 19.1 Å². The highest BCUT2D eigenvalue weighted by Gasteiger charge is 2.22. The van der Waals surface area contributed by atoms with Crippen LogP contribution >= 0.6 is 0 Å². The normalized spacial score (nSPS) is 16.8. The van der Waals surface area contributed by atoms with Crippen molar-refractivity contribution in [2.24, 2.45) is 5.92 Å². The summed E-state index contributed by atoms with van der Waals surface area (Å²) in [5, 5.41) is 6.35. The Morgan fingerprint density at radius 2 is 2.05 bits per heavy atom. The van der Waals surface area contributed by atoms with Gasteiger partial charge in [-0.05, 0) is 43.9 Å². The summed E-state index contributed by atoms with van der Waals surface area (Å²) in [4.78, 5) is 11.1. The van der Waals surface area contributed by atoms with Crippen molar-refractivity contribution in [3.05, 3.63) is 18.2 Å². The summed E-state index contributed by atoms with van der Waals surface area (Å²) in [7, 11) is 1.67. The highest BCUT2D eigenvalue weighted by Crippen LogP contribution is 2.33. The van der Waals surface area contributed by atoms with Crippen molar-refractivity contribution in [1.82, 2.24) is 0 Å². The summed E-state index contributed by atoms with van der Waals surface area (Å²) in [6.07, 6.45) is 5.25. The van der Waals surface area contributed by atoms with Gasteiger partial charge in [0, 0.05) is 18.7 Å². The Balaban J connectivity index is 2.12. The lowest BCUT2D eigenvalue weighted by molar-refractivity contribution is -0.114. The van der Waals surface area contributed by atoms with Gasteiger partial charge in [-0.2, -0.15) is 0 Å². The first-order valence-corrected chi connectivity index (χ1v) is 7.32.